The number of rotatable bonds is 5. The van der Waals surface area contributed by atoms with Gasteiger partial charge in [0.05, 0.1) is 16.8 Å². The quantitative estimate of drug-likeness (QED) is 0.229. The first-order chi connectivity index (χ1) is 16.5. The summed E-state index contributed by atoms with van der Waals surface area (Å²) in [5.74, 6) is -2.15. The summed E-state index contributed by atoms with van der Waals surface area (Å²) >= 11 is 9.32. The number of hydrogen-bond acceptors (Lipinski definition) is 5. The number of nitrogens with one attached hydrogen (secondary N) is 1. The predicted octanol–water partition coefficient (Wildman–Crippen LogP) is 6.12. The smallest absolute Gasteiger partial charge is 0.416 e. The van der Waals surface area contributed by atoms with Gasteiger partial charge in [-0.25, -0.2) is 9.69 Å². The van der Waals surface area contributed by atoms with Crippen LogP contribution in [0.4, 0.5) is 24.5 Å². The van der Waals surface area contributed by atoms with Crippen LogP contribution in [-0.2, 0) is 15.8 Å². The first-order valence-electron chi connectivity index (χ1n) is 9.85. The molecular weight excluding hydrogens is 553 g/mol. The topological polar surface area (TPSA) is 75.7 Å². The van der Waals surface area contributed by atoms with E-state index in [1.807, 2.05) is 0 Å². The molecule has 0 atom stereocenters. The summed E-state index contributed by atoms with van der Waals surface area (Å²) in [5.41, 5.74) is -1.06. The van der Waals surface area contributed by atoms with Crippen LogP contribution in [-0.4, -0.2) is 17.8 Å². The Balaban J connectivity index is 1.49. The molecular formula is C24H13BrClF3N2O4. The summed E-state index contributed by atoms with van der Waals surface area (Å²) in [6.45, 7) is 0. The fraction of sp³-hybridized carbons (Fsp3) is 0.0417. The minimum absolute atomic E-state index is 0.220. The lowest BCUT2D eigenvalue weighted by molar-refractivity contribution is -0.137. The molecule has 3 aromatic rings. The molecule has 1 heterocycles. The average Bonchev–Trinajstić information content (AvgIpc) is 3.03. The zero-order chi connectivity index (χ0) is 25.3. The molecule has 6 nitrogen and oxygen atoms in total. The molecule has 1 aliphatic heterocycles. The summed E-state index contributed by atoms with van der Waals surface area (Å²) in [6, 6.07) is 16.3. The van der Waals surface area contributed by atoms with Gasteiger partial charge in [0.25, 0.3) is 11.8 Å². The maximum Gasteiger partial charge on any atom is 0.416 e. The monoisotopic (exact) mass is 564 g/mol. The van der Waals surface area contributed by atoms with Gasteiger partial charge in [0.15, 0.2) is 0 Å². The molecule has 0 spiro atoms. The van der Waals surface area contributed by atoms with Crippen molar-refractivity contribution >= 4 is 56.7 Å². The van der Waals surface area contributed by atoms with Crippen molar-refractivity contribution < 1.29 is 32.3 Å². The Hall–Kier alpha value is -3.63. The van der Waals surface area contributed by atoms with Crippen LogP contribution in [0.25, 0.3) is 0 Å². The minimum atomic E-state index is -4.65. The second-order valence-corrected chi connectivity index (χ2v) is 8.52. The van der Waals surface area contributed by atoms with E-state index in [4.69, 9.17) is 16.3 Å². The van der Waals surface area contributed by atoms with Gasteiger partial charge in [-0.1, -0.05) is 33.6 Å². The number of ether oxygens (including phenoxy) is 1. The highest BCUT2D eigenvalue weighted by atomic mass is 79.9. The van der Waals surface area contributed by atoms with E-state index < -0.39 is 34.6 Å². The van der Waals surface area contributed by atoms with E-state index in [-0.39, 0.29) is 16.9 Å². The van der Waals surface area contributed by atoms with Crippen molar-refractivity contribution in [3.05, 3.63) is 99.1 Å². The number of benzene rings is 3. The van der Waals surface area contributed by atoms with Gasteiger partial charge < -0.3 is 10.1 Å². The molecule has 1 aliphatic rings. The molecule has 178 valence electrons. The van der Waals surface area contributed by atoms with Gasteiger partial charge in [0, 0.05) is 10.2 Å². The summed E-state index contributed by atoms with van der Waals surface area (Å²) in [4.78, 5) is 38.3. The standard InChI is InChI=1S/C24H13BrClF3N2O4/c25-15-6-10-18(11-7-15)35-23(34)13-4-8-16(9-5-13)30-20-19(26)21(32)31(22(20)33)17-3-1-2-14(12-17)24(27,28)29/h1-12,30H. The van der Waals surface area contributed by atoms with E-state index in [9.17, 15) is 27.6 Å². The second kappa shape index (κ2) is 9.55. The van der Waals surface area contributed by atoms with Crippen molar-refractivity contribution in [2.45, 2.75) is 6.18 Å². The number of alkyl halides is 3. The van der Waals surface area contributed by atoms with Crippen LogP contribution in [0.1, 0.15) is 15.9 Å². The van der Waals surface area contributed by atoms with Crippen molar-refractivity contribution in [3.63, 3.8) is 0 Å². The van der Waals surface area contributed by atoms with Gasteiger partial charge in [-0.2, -0.15) is 13.2 Å². The van der Waals surface area contributed by atoms with E-state index in [0.717, 1.165) is 16.6 Å². The number of esters is 1. The molecule has 11 heteroatoms. The Morgan fingerprint density at radius 2 is 1.60 bits per heavy atom. The lowest BCUT2D eigenvalue weighted by Gasteiger charge is -2.17. The van der Waals surface area contributed by atoms with Crippen molar-refractivity contribution in [3.8, 4) is 5.75 Å². The Bertz CT molecular complexity index is 1360. The van der Waals surface area contributed by atoms with Gasteiger partial charge in [-0.15, -0.1) is 0 Å². The maximum atomic E-state index is 13.0. The Kier molecular flexibility index (Phi) is 6.68. The number of halogens is 5. The third-order valence-corrected chi connectivity index (χ3v) is 5.75. The fourth-order valence-electron chi connectivity index (χ4n) is 3.17. The van der Waals surface area contributed by atoms with E-state index in [2.05, 4.69) is 21.2 Å². The summed E-state index contributed by atoms with van der Waals surface area (Å²) < 4.78 is 45.2. The number of hydrogen-bond donors (Lipinski definition) is 1. The summed E-state index contributed by atoms with van der Waals surface area (Å²) in [5, 5.41) is 2.21. The van der Waals surface area contributed by atoms with Gasteiger partial charge in [0.2, 0.25) is 0 Å². The maximum absolute atomic E-state index is 13.0. The Morgan fingerprint density at radius 1 is 0.943 bits per heavy atom. The molecule has 1 N–H and O–H groups in total. The van der Waals surface area contributed by atoms with E-state index in [1.165, 1.54) is 30.3 Å². The van der Waals surface area contributed by atoms with Crippen molar-refractivity contribution in [1.82, 2.24) is 0 Å². The number of nitrogens with zero attached hydrogens (tertiary/aromatic N) is 1. The largest absolute Gasteiger partial charge is 0.423 e. The normalized spacial score (nSPS) is 13.9. The lowest BCUT2D eigenvalue weighted by Crippen LogP contribution is -2.32. The van der Waals surface area contributed by atoms with Crippen LogP contribution >= 0.6 is 27.5 Å². The molecule has 2 amide bonds. The number of imide groups is 1. The number of carbonyl (C=O) groups is 3. The molecule has 4 rings (SSSR count). The zero-order valence-corrected chi connectivity index (χ0v) is 19.7. The minimum Gasteiger partial charge on any atom is -0.423 e. The molecule has 0 aliphatic carbocycles. The third-order valence-electron chi connectivity index (χ3n) is 4.87. The van der Waals surface area contributed by atoms with Gasteiger partial charge in [0.1, 0.15) is 16.5 Å². The molecule has 0 saturated heterocycles. The number of anilines is 2. The highest BCUT2D eigenvalue weighted by Crippen LogP contribution is 2.35. The van der Waals surface area contributed by atoms with Gasteiger partial charge in [-0.3, -0.25) is 9.59 Å². The fourth-order valence-corrected chi connectivity index (χ4v) is 3.65. The number of amides is 2. The highest BCUT2D eigenvalue weighted by molar-refractivity contribution is 9.10. The molecule has 35 heavy (non-hydrogen) atoms. The van der Waals surface area contributed by atoms with Crippen LogP contribution in [0, 0.1) is 0 Å². The first-order valence-corrected chi connectivity index (χ1v) is 11.0. The summed E-state index contributed by atoms with van der Waals surface area (Å²) in [6.07, 6.45) is -4.65. The average molecular weight is 566 g/mol. The van der Waals surface area contributed by atoms with E-state index in [1.54, 1.807) is 24.3 Å². The zero-order valence-electron chi connectivity index (χ0n) is 17.4. The molecule has 0 unspecified atom stereocenters. The summed E-state index contributed by atoms with van der Waals surface area (Å²) in [7, 11) is 0. The third kappa shape index (κ3) is 5.23. The Labute approximate surface area is 210 Å². The van der Waals surface area contributed by atoms with Crippen LogP contribution < -0.4 is 15.0 Å². The lowest BCUT2D eigenvalue weighted by atomic mass is 10.2. The second-order valence-electron chi connectivity index (χ2n) is 7.23. The molecule has 0 bridgehead atoms. The molecule has 0 aromatic heterocycles. The van der Waals surface area contributed by atoms with Crippen LogP contribution in [0.15, 0.2) is 88.0 Å². The molecule has 0 saturated carbocycles. The van der Waals surface area contributed by atoms with E-state index >= 15 is 0 Å². The van der Waals surface area contributed by atoms with Crippen LogP contribution in [0.2, 0.25) is 0 Å². The Morgan fingerprint density at radius 3 is 2.23 bits per heavy atom. The molecule has 0 radical (unpaired) electrons. The highest BCUT2D eigenvalue weighted by Gasteiger charge is 2.40. The predicted molar refractivity (Wildman–Crippen MR) is 126 cm³/mol. The SMILES string of the molecule is O=C(Oc1ccc(Br)cc1)c1ccc(NC2=C(Cl)C(=O)N(c3cccc(C(F)(F)F)c3)C2=O)cc1. The van der Waals surface area contributed by atoms with Gasteiger partial charge in [-0.05, 0) is 66.7 Å². The van der Waals surface area contributed by atoms with Gasteiger partial charge >= 0.3 is 12.1 Å². The molecule has 0 fully saturated rings. The van der Waals surface area contributed by atoms with Crippen LogP contribution in [0.3, 0.4) is 0 Å². The van der Waals surface area contributed by atoms with Crippen molar-refractivity contribution in [2.24, 2.45) is 0 Å². The van der Waals surface area contributed by atoms with Crippen molar-refractivity contribution in [1.29, 1.82) is 0 Å². The van der Waals surface area contributed by atoms with Crippen molar-refractivity contribution in [2.75, 3.05) is 10.2 Å². The molecule has 3 aromatic carbocycles. The van der Waals surface area contributed by atoms with Crippen LogP contribution in [0.5, 0.6) is 5.75 Å². The number of carbonyl (C=O) groups excluding carboxylic acids is 3. The first kappa shape index (κ1) is 24.5. The van der Waals surface area contributed by atoms with E-state index in [0.29, 0.717) is 22.4 Å².